The van der Waals surface area contributed by atoms with Gasteiger partial charge in [-0.1, -0.05) is 6.42 Å². The van der Waals surface area contributed by atoms with E-state index in [-0.39, 0.29) is 22.9 Å². The molecule has 136 valence electrons. The van der Waals surface area contributed by atoms with E-state index in [0.717, 1.165) is 18.4 Å². The van der Waals surface area contributed by atoms with Gasteiger partial charge in [0.05, 0.1) is 16.2 Å². The highest BCUT2D eigenvalue weighted by molar-refractivity contribution is 5.94. The van der Waals surface area contributed by atoms with Crippen LogP contribution in [0.3, 0.4) is 0 Å². The van der Waals surface area contributed by atoms with Crippen molar-refractivity contribution >= 4 is 23.3 Å². The summed E-state index contributed by atoms with van der Waals surface area (Å²) in [7, 11) is 0. The predicted molar refractivity (Wildman–Crippen MR) is 91.0 cm³/mol. The Morgan fingerprint density at radius 3 is 2.77 bits per heavy atom. The summed E-state index contributed by atoms with van der Waals surface area (Å²) in [6.45, 7) is -0.443. The number of non-ortho nitro benzene ring substituents is 1. The number of hydrogen-bond acceptors (Lipinski definition) is 6. The summed E-state index contributed by atoms with van der Waals surface area (Å²) in [6.07, 6.45) is 5.06. The van der Waals surface area contributed by atoms with Crippen molar-refractivity contribution in [3.05, 3.63) is 33.9 Å². The number of rotatable bonds is 6. The number of hydrogen-bond donors (Lipinski definition) is 1. The number of esters is 1. The Balaban J connectivity index is 1.49. The van der Waals surface area contributed by atoms with Gasteiger partial charge in [-0.05, 0) is 43.1 Å². The van der Waals surface area contributed by atoms with Crippen LogP contribution in [0.25, 0.3) is 0 Å². The summed E-state index contributed by atoms with van der Waals surface area (Å²) in [6, 6.07) is 5.35. The van der Waals surface area contributed by atoms with Gasteiger partial charge in [-0.2, -0.15) is 5.26 Å². The minimum Gasteiger partial charge on any atom is -0.456 e. The number of benzene rings is 1. The first kappa shape index (κ1) is 17.9. The zero-order chi connectivity index (χ0) is 18.7. The van der Waals surface area contributed by atoms with E-state index in [2.05, 4.69) is 5.32 Å². The van der Waals surface area contributed by atoms with E-state index in [1.165, 1.54) is 31.4 Å². The van der Waals surface area contributed by atoms with Gasteiger partial charge in [-0.3, -0.25) is 19.7 Å². The third-order valence-corrected chi connectivity index (χ3v) is 5.29. The first-order valence-corrected chi connectivity index (χ1v) is 8.60. The molecule has 0 radical (unpaired) electrons. The van der Waals surface area contributed by atoms with Crippen LogP contribution in [0.4, 0.5) is 11.4 Å². The summed E-state index contributed by atoms with van der Waals surface area (Å²) in [5, 5.41) is 22.2. The van der Waals surface area contributed by atoms with Crippen molar-refractivity contribution in [3.8, 4) is 6.07 Å². The number of nitrogens with one attached hydrogen (secondary N) is 1. The fraction of sp³-hybridized carbons (Fsp3) is 0.500. The molecule has 8 nitrogen and oxygen atoms in total. The molecule has 2 aliphatic rings. The van der Waals surface area contributed by atoms with Crippen LogP contribution in [0.2, 0.25) is 0 Å². The lowest BCUT2D eigenvalue weighted by Crippen LogP contribution is -2.23. The van der Waals surface area contributed by atoms with E-state index in [1.54, 1.807) is 6.07 Å². The molecule has 3 atom stereocenters. The van der Waals surface area contributed by atoms with Crippen molar-refractivity contribution in [2.24, 2.45) is 17.8 Å². The Morgan fingerprint density at radius 1 is 1.35 bits per heavy atom. The smallest absolute Gasteiger partial charge is 0.306 e. The first-order valence-electron chi connectivity index (χ1n) is 8.60. The highest BCUT2D eigenvalue weighted by Crippen LogP contribution is 2.49. The second-order valence-electron chi connectivity index (χ2n) is 6.95. The van der Waals surface area contributed by atoms with E-state index < -0.39 is 17.4 Å². The molecule has 0 unspecified atom stereocenters. The number of ether oxygens (including phenoxy) is 1. The number of amides is 1. The second kappa shape index (κ2) is 7.52. The van der Waals surface area contributed by atoms with Crippen LogP contribution in [0.15, 0.2) is 18.2 Å². The lowest BCUT2D eigenvalue weighted by Gasteiger charge is -2.20. The van der Waals surface area contributed by atoms with Gasteiger partial charge >= 0.3 is 5.97 Å². The third-order valence-electron chi connectivity index (χ3n) is 5.29. The summed E-state index contributed by atoms with van der Waals surface area (Å²) in [5.74, 6) is 0.745. The molecule has 0 aliphatic heterocycles. The average molecular weight is 357 g/mol. The van der Waals surface area contributed by atoms with Crippen molar-refractivity contribution in [2.75, 3.05) is 11.9 Å². The Kier molecular flexibility index (Phi) is 5.16. The van der Waals surface area contributed by atoms with Gasteiger partial charge in [0, 0.05) is 18.6 Å². The average Bonchev–Trinajstić information content (AvgIpc) is 3.23. The molecule has 2 aliphatic carbocycles. The van der Waals surface area contributed by atoms with E-state index in [1.807, 2.05) is 0 Å². The van der Waals surface area contributed by atoms with Gasteiger partial charge in [-0.15, -0.1) is 0 Å². The minimum atomic E-state index is -0.621. The zero-order valence-electron chi connectivity index (χ0n) is 14.1. The van der Waals surface area contributed by atoms with Gasteiger partial charge in [-0.25, -0.2) is 0 Å². The van der Waals surface area contributed by atoms with Crippen LogP contribution >= 0.6 is 0 Å². The van der Waals surface area contributed by atoms with Crippen LogP contribution in [0, 0.1) is 39.2 Å². The van der Waals surface area contributed by atoms with E-state index in [9.17, 15) is 19.7 Å². The molecule has 26 heavy (non-hydrogen) atoms. The number of nitrogens with zero attached hydrogens (tertiary/aromatic N) is 2. The molecule has 1 N–H and O–H groups in total. The molecule has 1 amide bonds. The Hall–Kier alpha value is -2.95. The molecule has 0 saturated heterocycles. The molecule has 2 saturated carbocycles. The Labute approximate surface area is 150 Å². The van der Waals surface area contributed by atoms with Crippen LogP contribution < -0.4 is 5.32 Å². The topological polar surface area (TPSA) is 122 Å². The maximum Gasteiger partial charge on any atom is 0.306 e. The van der Waals surface area contributed by atoms with Crippen molar-refractivity contribution in [2.45, 2.75) is 32.1 Å². The van der Waals surface area contributed by atoms with E-state index in [4.69, 9.17) is 10.00 Å². The standard InChI is InChI=1S/C18H19N3O5/c19-9-14-7-15(21(24)25)3-4-16(14)20-17(22)10-26-18(23)8-13-6-11-1-2-12(13)5-11/h3-4,7,11-13H,1-2,5-6,8,10H2,(H,20,22)/t11-,12-,13+/m1/s1. The van der Waals surface area contributed by atoms with Gasteiger partial charge in [0.1, 0.15) is 6.07 Å². The molecule has 8 heteroatoms. The molecule has 3 rings (SSSR count). The van der Waals surface area contributed by atoms with Crippen LogP contribution in [0.1, 0.15) is 37.7 Å². The number of nitro groups is 1. The number of anilines is 1. The molecule has 0 heterocycles. The number of carbonyl (C=O) groups excluding carboxylic acids is 2. The summed E-state index contributed by atoms with van der Waals surface area (Å²) < 4.78 is 5.04. The summed E-state index contributed by atoms with van der Waals surface area (Å²) in [4.78, 5) is 34.0. The molecule has 0 aromatic heterocycles. The fourth-order valence-electron chi connectivity index (χ4n) is 4.08. The molecule has 1 aromatic carbocycles. The maximum absolute atomic E-state index is 11.9. The lowest BCUT2D eigenvalue weighted by molar-refractivity contribution is -0.384. The first-order chi connectivity index (χ1) is 12.5. The monoisotopic (exact) mass is 357 g/mol. The normalized spacial score (nSPS) is 23.3. The largest absolute Gasteiger partial charge is 0.456 e. The van der Waals surface area contributed by atoms with Gasteiger partial charge < -0.3 is 10.1 Å². The van der Waals surface area contributed by atoms with Gasteiger partial charge in [0.2, 0.25) is 0 Å². The maximum atomic E-state index is 11.9. The van der Waals surface area contributed by atoms with Crippen LogP contribution in [0.5, 0.6) is 0 Å². The molecule has 1 aromatic rings. The highest BCUT2D eigenvalue weighted by atomic mass is 16.6. The van der Waals surface area contributed by atoms with Crippen molar-refractivity contribution in [1.82, 2.24) is 0 Å². The zero-order valence-corrected chi connectivity index (χ0v) is 14.1. The van der Waals surface area contributed by atoms with Crippen LogP contribution in [-0.2, 0) is 14.3 Å². The predicted octanol–water partition coefficient (Wildman–Crippen LogP) is 2.77. The van der Waals surface area contributed by atoms with Crippen molar-refractivity contribution in [3.63, 3.8) is 0 Å². The number of carbonyl (C=O) groups is 2. The van der Waals surface area contributed by atoms with Crippen molar-refractivity contribution in [1.29, 1.82) is 5.26 Å². The van der Waals surface area contributed by atoms with Crippen molar-refractivity contribution < 1.29 is 19.2 Å². The number of fused-ring (bicyclic) bond motifs is 2. The van der Waals surface area contributed by atoms with Crippen LogP contribution in [-0.4, -0.2) is 23.4 Å². The van der Waals surface area contributed by atoms with Gasteiger partial charge in [0.25, 0.3) is 11.6 Å². The highest BCUT2D eigenvalue weighted by Gasteiger charge is 2.40. The molecule has 0 spiro atoms. The summed E-state index contributed by atoms with van der Waals surface area (Å²) in [5.41, 5.74) is -0.120. The molecule has 2 fully saturated rings. The fourth-order valence-corrected chi connectivity index (χ4v) is 4.08. The second-order valence-corrected chi connectivity index (χ2v) is 6.95. The quantitative estimate of drug-likeness (QED) is 0.474. The molecule has 2 bridgehead atoms. The third kappa shape index (κ3) is 3.99. The molecular weight excluding hydrogens is 338 g/mol. The minimum absolute atomic E-state index is 0.0270. The Morgan fingerprint density at radius 2 is 2.15 bits per heavy atom. The lowest BCUT2D eigenvalue weighted by atomic mass is 9.86. The Bertz CT molecular complexity index is 786. The SMILES string of the molecule is N#Cc1cc([N+](=O)[O-])ccc1NC(=O)COC(=O)C[C@@H]1C[C@@H]2CC[C@@H]1C2. The van der Waals surface area contributed by atoms with E-state index >= 15 is 0 Å². The van der Waals surface area contributed by atoms with Gasteiger partial charge in [0.15, 0.2) is 6.61 Å². The van der Waals surface area contributed by atoms with E-state index in [0.29, 0.717) is 18.3 Å². The summed E-state index contributed by atoms with van der Waals surface area (Å²) >= 11 is 0. The number of nitro benzene ring substituents is 1. The molecular formula is C18H19N3O5. The number of nitriles is 1.